The number of alkyl carbamates (subject to hydrolysis) is 1. The Bertz CT molecular complexity index is 774. The van der Waals surface area contributed by atoms with E-state index in [9.17, 15) is 24.3 Å². The first-order valence-corrected chi connectivity index (χ1v) is 10.8. The molecule has 3 N–H and O–H groups in total. The predicted molar refractivity (Wildman–Crippen MR) is 113 cm³/mol. The number of hydrogen-bond acceptors (Lipinski definition) is 8. The van der Waals surface area contributed by atoms with Gasteiger partial charge in [0, 0.05) is 18.3 Å². The van der Waals surface area contributed by atoms with Crippen LogP contribution in [0, 0.1) is 23.7 Å². The number of aliphatic hydroxyl groups excluding tert-OH is 1. The molecule has 2 saturated carbocycles. The van der Waals surface area contributed by atoms with Crippen molar-refractivity contribution in [1.29, 1.82) is 0 Å². The van der Waals surface area contributed by atoms with Gasteiger partial charge in [0.05, 0.1) is 24.9 Å². The molecule has 10 nitrogen and oxygen atoms in total. The van der Waals surface area contributed by atoms with E-state index in [4.69, 9.17) is 14.2 Å². The van der Waals surface area contributed by atoms with Gasteiger partial charge < -0.3 is 30.0 Å². The summed E-state index contributed by atoms with van der Waals surface area (Å²) in [4.78, 5) is 50.8. The van der Waals surface area contributed by atoms with Gasteiger partial charge in [-0.3, -0.25) is 9.59 Å². The summed E-state index contributed by atoms with van der Waals surface area (Å²) in [7, 11) is 0. The highest BCUT2D eigenvalue weighted by Crippen LogP contribution is 2.63. The molecule has 0 bridgehead atoms. The third-order valence-corrected chi connectivity index (χ3v) is 5.70. The SMILES string of the molecule is C=COC(=O)[C@H]1[C@H]2[C@@H]1[C@](NC(=O)[C@@H](NC(=O)OC(C)(C)C)C(C)C)(C(=O)OCC)C[C@@H]2O. The maximum Gasteiger partial charge on any atom is 0.408 e. The fourth-order valence-corrected chi connectivity index (χ4v) is 4.45. The average Bonchev–Trinajstić information content (AvgIpc) is 3.34. The number of nitrogens with one attached hydrogen (secondary N) is 2. The molecule has 0 aliphatic heterocycles. The second-order valence-electron chi connectivity index (χ2n) is 9.55. The van der Waals surface area contributed by atoms with E-state index in [2.05, 4.69) is 17.2 Å². The van der Waals surface area contributed by atoms with Gasteiger partial charge in [-0.1, -0.05) is 20.4 Å². The van der Waals surface area contributed by atoms with Crippen molar-refractivity contribution in [2.75, 3.05) is 6.61 Å². The summed E-state index contributed by atoms with van der Waals surface area (Å²) in [5.41, 5.74) is -2.38. The van der Waals surface area contributed by atoms with Gasteiger partial charge in [-0.15, -0.1) is 0 Å². The molecule has 0 aromatic heterocycles. The molecule has 180 valence electrons. The van der Waals surface area contributed by atoms with Crippen molar-refractivity contribution in [2.24, 2.45) is 23.7 Å². The number of fused-ring (bicyclic) bond motifs is 1. The summed E-state index contributed by atoms with van der Waals surface area (Å²) < 4.78 is 15.3. The summed E-state index contributed by atoms with van der Waals surface area (Å²) >= 11 is 0. The lowest BCUT2D eigenvalue weighted by molar-refractivity contribution is -0.156. The minimum absolute atomic E-state index is 0.0511. The van der Waals surface area contributed by atoms with Gasteiger partial charge >= 0.3 is 18.0 Å². The Labute approximate surface area is 188 Å². The van der Waals surface area contributed by atoms with Crippen LogP contribution in [0.5, 0.6) is 0 Å². The first-order chi connectivity index (χ1) is 14.8. The molecule has 0 unspecified atom stereocenters. The first kappa shape index (κ1) is 25.6. The molecule has 2 fully saturated rings. The lowest BCUT2D eigenvalue weighted by Gasteiger charge is -2.34. The molecule has 2 aliphatic carbocycles. The summed E-state index contributed by atoms with van der Waals surface area (Å²) in [5.74, 6) is -4.39. The summed E-state index contributed by atoms with van der Waals surface area (Å²) in [6.07, 6.45) is -0.919. The van der Waals surface area contributed by atoms with E-state index in [0.29, 0.717) is 0 Å². The molecule has 10 heteroatoms. The van der Waals surface area contributed by atoms with E-state index >= 15 is 0 Å². The molecule has 0 aromatic rings. The van der Waals surface area contributed by atoms with Crippen molar-refractivity contribution in [2.45, 2.75) is 71.2 Å². The van der Waals surface area contributed by atoms with Crippen molar-refractivity contribution >= 4 is 23.9 Å². The molecule has 0 aromatic carbocycles. The zero-order chi connectivity index (χ0) is 24.4. The van der Waals surface area contributed by atoms with Gasteiger partial charge in [0.1, 0.15) is 17.2 Å². The highest BCUT2D eigenvalue weighted by Gasteiger charge is 2.76. The second kappa shape index (κ2) is 9.48. The number of amides is 2. The van der Waals surface area contributed by atoms with E-state index in [1.807, 2.05) is 0 Å². The van der Waals surface area contributed by atoms with Crippen LogP contribution < -0.4 is 10.6 Å². The molecule has 2 amide bonds. The van der Waals surface area contributed by atoms with Gasteiger partial charge in [-0.2, -0.15) is 0 Å². The number of carbonyl (C=O) groups is 4. The fourth-order valence-electron chi connectivity index (χ4n) is 4.45. The van der Waals surface area contributed by atoms with E-state index < -0.39 is 65.0 Å². The zero-order valence-corrected chi connectivity index (χ0v) is 19.5. The molecule has 0 saturated heterocycles. The van der Waals surface area contributed by atoms with Crippen LogP contribution in [0.4, 0.5) is 4.79 Å². The summed E-state index contributed by atoms with van der Waals surface area (Å²) in [6, 6.07) is -1.02. The molecular weight excluding hydrogens is 420 g/mol. The van der Waals surface area contributed by atoms with Gasteiger partial charge in [0.15, 0.2) is 0 Å². The largest absolute Gasteiger partial charge is 0.464 e. The molecule has 2 rings (SSSR count). The third-order valence-electron chi connectivity index (χ3n) is 5.70. The number of hydrogen-bond donors (Lipinski definition) is 3. The van der Waals surface area contributed by atoms with Gasteiger partial charge in [0.25, 0.3) is 0 Å². The predicted octanol–water partition coefficient (Wildman–Crippen LogP) is 1.27. The van der Waals surface area contributed by atoms with Crippen LogP contribution in [-0.4, -0.2) is 58.9 Å². The average molecular weight is 455 g/mol. The normalized spacial score (nSPS) is 29.4. The highest BCUT2D eigenvalue weighted by molar-refractivity contribution is 5.94. The molecule has 0 radical (unpaired) electrons. The van der Waals surface area contributed by atoms with Crippen LogP contribution in [0.25, 0.3) is 0 Å². The van der Waals surface area contributed by atoms with Crippen LogP contribution in [0.2, 0.25) is 0 Å². The maximum atomic E-state index is 13.2. The molecule has 6 atom stereocenters. The van der Waals surface area contributed by atoms with Gasteiger partial charge in [-0.05, 0) is 33.6 Å². The molecule has 0 spiro atoms. The first-order valence-electron chi connectivity index (χ1n) is 10.8. The Kier molecular flexibility index (Phi) is 7.59. The number of rotatable bonds is 8. The second-order valence-corrected chi connectivity index (χ2v) is 9.55. The van der Waals surface area contributed by atoms with Crippen molar-refractivity contribution in [3.63, 3.8) is 0 Å². The van der Waals surface area contributed by atoms with Crippen LogP contribution in [0.1, 0.15) is 48.0 Å². The van der Waals surface area contributed by atoms with Crippen LogP contribution >= 0.6 is 0 Å². The van der Waals surface area contributed by atoms with E-state index in [1.54, 1.807) is 41.5 Å². The smallest absolute Gasteiger partial charge is 0.408 e. The third kappa shape index (κ3) is 5.23. The number of aliphatic hydroxyl groups is 1. The monoisotopic (exact) mass is 454 g/mol. The molecular formula is C22H34N2O8. The lowest BCUT2D eigenvalue weighted by Crippen LogP contribution is -2.62. The minimum atomic E-state index is -1.62. The number of esters is 2. The highest BCUT2D eigenvalue weighted by atomic mass is 16.6. The Balaban J connectivity index is 2.29. The Morgan fingerprint density at radius 1 is 1.25 bits per heavy atom. The molecule has 0 heterocycles. The van der Waals surface area contributed by atoms with Crippen molar-refractivity contribution in [1.82, 2.24) is 10.6 Å². The van der Waals surface area contributed by atoms with E-state index in [-0.39, 0.29) is 18.9 Å². The van der Waals surface area contributed by atoms with Crippen molar-refractivity contribution in [3.8, 4) is 0 Å². The topological polar surface area (TPSA) is 140 Å². The molecule has 2 aliphatic rings. The lowest BCUT2D eigenvalue weighted by atomic mass is 9.88. The Hall–Kier alpha value is -2.62. The summed E-state index contributed by atoms with van der Waals surface area (Å²) in [6.45, 7) is 13.6. The van der Waals surface area contributed by atoms with Crippen molar-refractivity contribution in [3.05, 3.63) is 12.8 Å². The van der Waals surface area contributed by atoms with Crippen LogP contribution in [0.3, 0.4) is 0 Å². The van der Waals surface area contributed by atoms with E-state index in [1.165, 1.54) is 0 Å². The number of ether oxygens (including phenoxy) is 3. The van der Waals surface area contributed by atoms with Gasteiger partial charge in [-0.25, -0.2) is 9.59 Å². The standard InChI is InChI=1S/C22H34N2O8/c1-8-30-18(27)14-13-12(25)10-22(15(13)14,19(28)31-9-2)24-17(26)16(11(3)4)23-20(29)32-21(5,6)7/h8,11-16,25H,1,9-10H2,2-7H3,(H,23,29)(H,24,26)/t12-,13-,14-,15-,16-,22-/m0/s1. The maximum absolute atomic E-state index is 13.2. The Morgan fingerprint density at radius 3 is 2.38 bits per heavy atom. The summed E-state index contributed by atoms with van der Waals surface area (Å²) in [5, 5.41) is 15.8. The quantitative estimate of drug-likeness (QED) is 0.283. The minimum Gasteiger partial charge on any atom is -0.464 e. The van der Waals surface area contributed by atoms with Crippen molar-refractivity contribution < 1.29 is 38.5 Å². The molecule has 32 heavy (non-hydrogen) atoms. The number of carbonyl (C=O) groups excluding carboxylic acids is 4. The van der Waals surface area contributed by atoms with E-state index in [0.717, 1.165) is 6.26 Å². The van der Waals surface area contributed by atoms with Crippen LogP contribution in [-0.2, 0) is 28.6 Å². The van der Waals surface area contributed by atoms with Gasteiger partial charge in [0.2, 0.25) is 5.91 Å². The van der Waals surface area contributed by atoms with Crippen LogP contribution in [0.15, 0.2) is 12.8 Å². The Morgan fingerprint density at radius 2 is 1.88 bits per heavy atom. The zero-order valence-electron chi connectivity index (χ0n) is 19.5. The fraction of sp³-hybridized carbons (Fsp3) is 0.727.